The standard InChI is InChI=1S/C12H19BrN2O2S/c1-4-15-6-9(13)5-10(15)12(17)14-8(2)11(7-16)18-3/h5-6,8,11,16H,4,7H2,1-3H3,(H,14,17). The Morgan fingerprint density at radius 3 is 2.83 bits per heavy atom. The molecule has 102 valence electrons. The molecule has 2 N–H and O–H groups in total. The van der Waals surface area contributed by atoms with Gasteiger partial charge in [-0.25, -0.2) is 0 Å². The molecular weight excluding hydrogens is 316 g/mol. The molecule has 1 aromatic heterocycles. The monoisotopic (exact) mass is 334 g/mol. The fourth-order valence-electron chi connectivity index (χ4n) is 1.74. The van der Waals surface area contributed by atoms with Crippen molar-refractivity contribution < 1.29 is 9.90 Å². The molecule has 0 fully saturated rings. The van der Waals surface area contributed by atoms with E-state index >= 15 is 0 Å². The summed E-state index contributed by atoms with van der Waals surface area (Å²) in [5, 5.41) is 12.1. The maximum absolute atomic E-state index is 12.1. The van der Waals surface area contributed by atoms with Gasteiger partial charge in [0.25, 0.3) is 5.91 Å². The zero-order chi connectivity index (χ0) is 13.7. The second-order valence-electron chi connectivity index (χ2n) is 4.05. The topological polar surface area (TPSA) is 54.3 Å². The number of nitrogens with zero attached hydrogens (tertiary/aromatic N) is 1. The van der Waals surface area contributed by atoms with Crippen LogP contribution in [0.4, 0.5) is 0 Å². The van der Waals surface area contributed by atoms with Crippen LogP contribution < -0.4 is 5.32 Å². The van der Waals surface area contributed by atoms with E-state index in [1.807, 2.05) is 30.9 Å². The van der Waals surface area contributed by atoms with Gasteiger partial charge in [0.15, 0.2) is 0 Å². The highest BCUT2D eigenvalue weighted by molar-refractivity contribution is 9.10. The van der Waals surface area contributed by atoms with E-state index in [2.05, 4.69) is 21.2 Å². The number of aryl methyl sites for hydroxylation is 1. The summed E-state index contributed by atoms with van der Waals surface area (Å²) < 4.78 is 2.78. The van der Waals surface area contributed by atoms with Gasteiger partial charge in [-0.05, 0) is 42.1 Å². The zero-order valence-corrected chi connectivity index (χ0v) is 13.2. The molecule has 0 aliphatic heterocycles. The molecule has 4 nitrogen and oxygen atoms in total. The lowest BCUT2D eigenvalue weighted by Gasteiger charge is -2.21. The highest BCUT2D eigenvalue weighted by Crippen LogP contribution is 2.16. The third-order valence-electron chi connectivity index (χ3n) is 2.84. The van der Waals surface area contributed by atoms with Crippen LogP contribution in [0.15, 0.2) is 16.7 Å². The number of halogens is 1. The number of aliphatic hydroxyl groups is 1. The van der Waals surface area contributed by atoms with Crippen molar-refractivity contribution >= 4 is 33.6 Å². The van der Waals surface area contributed by atoms with E-state index in [4.69, 9.17) is 0 Å². The van der Waals surface area contributed by atoms with Crippen LogP contribution in [0, 0.1) is 0 Å². The maximum atomic E-state index is 12.1. The minimum atomic E-state index is -0.109. The molecular formula is C12H19BrN2O2S. The lowest BCUT2D eigenvalue weighted by Crippen LogP contribution is -2.41. The smallest absolute Gasteiger partial charge is 0.268 e. The number of nitrogens with one attached hydrogen (secondary N) is 1. The van der Waals surface area contributed by atoms with Crippen molar-refractivity contribution in [1.29, 1.82) is 0 Å². The number of hydrogen-bond donors (Lipinski definition) is 2. The molecule has 1 heterocycles. The molecule has 18 heavy (non-hydrogen) atoms. The first-order valence-corrected chi connectivity index (χ1v) is 7.91. The second kappa shape index (κ2) is 7.21. The van der Waals surface area contributed by atoms with Crippen molar-refractivity contribution in [2.45, 2.75) is 31.7 Å². The van der Waals surface area contributed by atoms with Crippen molar-refractivity contribution in [1.82, 2.24) is 9.88 Å². The van der Waals surface area contributed by atoms with Crippen molar-refractivity contribution in [2.24, 2.45) is 0 Å². The Morgan fingerprint density at radius 2 is 2.33 bits per heavy atom. The van der Waals surface area contributed by atoms with E-state index in [9.17, 15) is 9.90 Å². The van der Waals surface area contributed by atoms with Gasteiger partial charge in [-0.2, -0.15) is 11.8 Å². The summed E-state index contributed by atoms with van der Waals surface area (Å²) >= 11 is 4.92. The summed E-state index contributed by atoms with van der Waals surface area (Å²) in [7, 11) is 0. The Kier molecular flexibility index (Phi) is 6.25. The number of amides is 1. The predicted molar refractivity (Wildman–Crippen MR) is 79.1 cm³/mol. The molecule has 0 saturated heterocycles. The predicted octanol–water partition coefficient (Wildman–Crippen LogP) is 2.11. The summed E-state index contributed by atoms with van der Waals surface area (Å²) in [6, 6.07) is 1.73. The highest BCUT2D eigenvalue weighted by Gasteiger charge is 2.20. The first-order chi connectivity index (χ1) is 8.53. The maximum Gasteiger partial charge on any atom is 0.268 e. The SMILES string of the molecule is CCn1cc(Br)cc1C(=O)NC(C)C(CO)SC. The van der Waals surface area contributed by atoms with Crippen LogP contribution >= 0.6 is 27.7 Å². The average molecular weight is 335 g/mol. The van der Waals surface area contributed by atoms with Gasteiger partial charge in [0.2, 0.25) is 0 Å². The summed E-state index contributed by atoms with van der Waals surface area (Å²) in [6.07, 6.45) is 3.81. The van der Waals surface area contributed by atoms with E-state index in [0.717, 1.165) is 11.0 Å². The Balaban J connectivity index is 2.75. The summed E-state index contributed by atoms with van der Waals surface area (Å²) in [5.74, 6) is -0.109. The number of hydrogen-bond acceptors (Lipinski definition) is 3. The zero-order valence-electron chi connectivity index (χ0n) is 10.8. The molecule has 2 atom stereocenters. The minimum absolute atomic E-state index is 0.0161. The van der Waals surface area contributed by atoms with Gasteiger partial charge in [-0.3, -0.25) is 4.79 Å². The van der Waals surface area contributed by atoms with Gasteiger partial charge in [0.1, 0.15) is 5.69 Å². The summed E-state index contributed by atoms with van der Waals surface area (Å²) in [6.45, 7) is 4.70. The quantitative estimate of drug-likeness (QED) is 0.837. The van der Waals surface area contributed by atoms with Crippen LogP contribution in [0.5, 0.6) is 0 Å². The number of rotatable bonds is 6. The summed E-state index contributed by atoms with van der Waals surface area (Å²) in [4.78, 5) is 12.1. The Hall–Kier alpha value is -0.460. The van der Waals surface area contributed by atoms with Gasteiger partial charge in [0.05, 0.1) is 6.61 Å². The second-order valence-corrected chi connectivity index (χ2v) is 6.04. The number of thioether (sulfide) groups is 1. The Bertz CT molecular complexity index is 405. The molecule has 2 unspecified atom stereocenters. The fourth-order valence-corrected chi connectivity index (χ4v) is 2.83. The number of carbonyl (C=O) groups is 1. The molecule has 0 radical (unpaired) electrons. The van der Waals surface area contributed by atoms with Gasteiger partial charge >= 0.3 is 0 Å². The normalized spacial score (nSPS) is 14.3. The molecule has 0 aliphatic rings. The van der Waals surface area contributed by atoms with E-state index in [0.29, 0.717) is 5.69 Å². The van der Waals surface area contributed by atoms with E-state index < -0.39 is 0 Å². The average Bonchev–Trinajstić information content (AvgIpc) is 2.72. The van der Waals surface area contributed by atoms with Gasteiger partial charge in [-0.15, -0.1) is 0 Å². The molecule has 0 saturated carbocycles. The van der Waals surface area contributed by atoms with E-state index in [1.165, 1.54) is 0 Å². The number of aromatic nitrogens is 1. The van der Waals surface area contributed by atoms with Gasteiger partial charge < -0.3 is 15.0 Å². The molecule has 0 bridgehead atoms. The van der Waals surface area contributed by atoms with Crippen molar-refractivity contribution in [3.05, 3.63) is 22.4 Å². The molecule has 6 heteroatoms. The Morgan fingerprint density at radius 1 is 1.67 bits per heavy atom. The largest absolute Gasteiger partial charge is 0.395 e. The minimum Gasteiger partial charge on any atom is -0.395 e. The first-order valence-electron chi connectivity index (χ1n) is 5.83. The highest BCUT2D eigenvalue weighted by atomic mass is 79.9. The van der Waals surface area contributed by atoms with E-state index in [-0.39, 0.29) is 23.8 Å². The van der Waals surface area contributed by atoms with Crippen LogP contribution in [0.2, 0.25) is 0 Å². The van der Waals surface area contributed by atoms with Crippen molar-refractivity contribution in [2.75, 3.05) is 12.9 Å². The third-order valence-corrected chi connectivity index (χ3v) is 4.43. The summed E-state index contributed by atoms with van der Waals surface area (Å²) in [5.41, 5.74) is 0.633. The molecule has 1 rings (SSSR count). The molecule has 0 aliphatic carbocycles. The Labute approximate surface area is 120 Å². The van der Waals surface area contributed by atoms with Crippen LogP contribution in [-0.4, -0.2) is 39.7 Å². The first kappa shape index (κ1) is 15.6. The fraction of sp³-hybridized carbons (Fsp3) is 0.583. The number of carbonyl (C=O) groups excluding carboxylic acids is 1. The van der Waals surface area contributed by atoms with Crippen LogP contribution in [0.25, 0.3) is 0 Å². The molecule has 0 spiro atoms. The van der Waals surface area contributed by atoms with Gasteiger partial charge in [-0.1, -0.05) is 0 Å². The molecule has 1 aromatic rings. The van der Waals surface area contributed by atoms with Crippen LogP contribution in [0.1, 0.15) is 24.3 Å². The van der Waals surface area contributed by atoms with Crippen molar-refractivity contribution in [3.63, 3.8) is 0 Å². The van der Waals surface area contributed by atoms with E-state index in [1.54, 1.807) is 17.8 Å². The van der Waals surface area contributed by atoms with Crippen LogP contribution in [-0.2, 0) is 6.54 Å². The van der Waals surface area contributed by atoms with Crippen molar-refractivity contribution in [3.8, 4) is 0 Å². The lowest BCUT2D eigenvalue weighted by atomic mass is 10.2. The third kappa shape index (κ3) is 3.76. The molecule has 1 amide bonds. The lowest BCUT2D eigenvalue weighted by molar-refractivity contribution is 0.0926. The molecule has 0 aromatic carbocycles. The number of aliphatic hydroxyl groups excluding tert-OH is 1. The van der Waals surface area contributed by atoms with Gasteiger partial charge in [0, 0.05) is 28.5 Å². The van der Waals surface area contributed by atoms with Crippen LogP contribution in [0.3, 0.4) is 0 Å².